The lowest BCUT2D eigenvalue weighted by molar-refractivity contribution is 0.586. The number of sulfone groups is 1. The van der Waals surface area contributed by atoms with Gasteiger partial charge in [0.2, 0.25) is 0 Å². The van der Waals surface area contributed by atoms with E-state index in [0.717, 1.165) is 17.2 Å². The molecule has 0 saturated heterocycles. The van der Waals surface area contributed by atoms with Crippen LogP contribution in [0, 0.1) is 0 Å². The van der Waals surface area contributed by atoms with E-state index >= 15 is 0 Å². The third-order valence-corrected chi connectivity index (χ3v) is 7.71. The second kappa shape index (κ2) is 6.72. The van der Waals surface area contributed by atoms with Crippen molar-refractivity contribution in [2.24, 2.45) is 0 Å². The first kappa shape index (κ1) is 17.2. The Bertz CT molecular complexity index is 542. The first-order valence-electron chi connectivity index (χ1n) is 7.03. The highest BCUT2D eigenvalue weighted by molar-refractivity contribution is 7.92. The summed E-state index contributed by atoms with van der Waals surface area (Å²) in [7, 11) is -4.47. The van der Waals surface area contributed by atoms with Crippen LogP contribution in [0.1, 0.15) is 12.5 Å². The van der Waals surface area contributed by atoms with Gasteiger partial charge in [0, 0.05) is 13.8 Å². The van der Waals surface area contributed by atoms with Crippen molar-refractivity contribution in [3.8, 4) is 0 Å². The summed E-state index contributed by atoms with van der Waals surface area (Å²) in [6, 6.07) is 10.6. The molecule has 0 radical (unpaired) electrons. The van der Waals surface area contributed by atoms with Gasteiger partial charge < -0.3 is 0 Å². The van der Waals surface area contributed by atoms with Crippen LogP contribution >= 0.6 is 0 Å². The lowest BCUT2D eigenvalue weighted by Gasteiger charge is -2.21. The van der Waals surface area contributed by atoms with E-state index in [1.807, 2.05) is 37.3 Å². The first-order chi connectivity index (χ1) is 9.12. The van der Waals surface area contributed by atoms with Gasteiger partial charge in [-0.05, 0) is 25.0 Å². The highest BCUT2D eigenvalue weighted by atomic mass is 32.2. The predicted molar refractivity (Wildman–Crippen MR) is 90.7 cm³/mol. The molecule has 20 heavy (non-hydrogen) atoms. The van der Waals surface area contributed by atoms with Crippen LogP contribution in [0.4, 0.5) is 0 Å². The molecule has 0 amide bonds. The molecule has 2 nitrogen and oxygen atoms in total. The van der Waals surface area contributed by atoms with Crippen molar-refractivity contribution in [1.82, 2.24) is 0 Å². The Labute approximate surface area is 124 Å². The summed E-state index contributed by atoms with van der Waals surface area (Å²) in [5.41, 5.74) is 1.79. The minimum Gasteiger partial charge on any atom is -0.228 e. The fourth-order valence-corrected chi connectivity index (χ4v) is 6.96. The Balaban J connectivity index is 2.88. The molecule has 0 aliphatic carbocycles. The van der Waals surface area contributed by atoms with E-state index in [-0.39, 0.29) is 5.75 Å². The van der Waals surface area contributed by atoms with Gasteiger partial charge in [-0.1, -0.05) is 62.1 Å². The van der Waals surface area contributed by atoms with E-state index in [4.69, 9.17) is 0 Å². The summed E-state index contributed by atoms with van der Waals surface area (Å²) in [5.74, 6) is 0.285. The van der Waals surface area contributed by atoms with Crippen LogP contribution in [0.15, 0.2) is 42.5 Å². The molecule has 1 aromatic carbocycles. The summed E-state index contributed by atoms with van der Waals surface area (Å²) in [5, 5.41) is -0.457. The minimum absolute atomic E-state index is 0.285. The summed E-state index contributed by atoms with van der Waals surface area (Å²) in [6.45, 7) is 12.3. The van der Waals surface area contributed by atoms with Crippen molar-refractivity contribution >= 4 is 17.9 Å². The van der Waals surface area contributed by atoms with Crippen LogP contribution in [0.25, 0.3) is 0 Å². The average Bonchev–Trinajstić information content (AvgIpc) is 2.34. The second-order valence-electron chi connectivity index (χ2n) is 6.70. The molecule has 0 aliphatic heterocycles. The Morgan fingerprint density at radius 3 is 2.20 bits per heavy atom. The number of benzene rings is 1. The maximum Gasteiger partial charge on any atom is 0.157 e. The normalized spacial score (nSPS) is 14.0. The van der Waals surface area contributed by atoms with Crippen LogP contribution in [-0.2, 0) is 16.3 Å². The number of rotatable bonds is 7. The Hall–Kier alpha value is -0.873. The molecular formula is C16H26O2SSi. The molecule has 4 heteroatoms. The maximum absolute atomic E-state index is 12.6. The van der Waals surface area contributed by atoms with Crippen LogP contribution < -0.4 is 0 Å². The SMILES string of the molecule is C=C(C)C(Cc1ccccc1)S(=O)(=O)CC[Si](C)(C)C. The molecule has 0 bridgehead atoms. The van der Waals surface area contributed by atoms with Gasteiger partial charge in [0.1, 0.15) is 0 Å². The minimum atomic E-state index is -3.12. The molecule has 0 heterocycles. The van der Waals surface area contributed by atoms with Gasteiger partial charge in [-0.2, -0.15) is 0 Å². The van der Waals surface area contributed by atoms with Gasteiger partial charge in [0.05, 0.1) is 5.25 Å². The molecule has 0 saturated carbocycles. The van der Waals surface area contributed by atoms with Crippen LogP contribution in [0.2, 0.25) is 25.7 Å². The van der Waals surface area contributed by atoms with Crippen LogP contribution in [0.5, 0.6) is 0 Å². The predicted octanol–water partition coefficient (Wildman–Crippen LogP) is 3.93. The molecule has 0 aromatic heterocycles. The monoisotopic (exact) mass is 310 g/mol. The zero-order valence-corrected chi connectivity index (χ0v) is 14.8. The average molecular weight is 311 g/mol. The van der Waals surface area contributed by atoms with E-state index in [2.05, 4.69) is 26.2 Å². The molecule has 0 fully saturated rings. The molecule has 1 atom stereocenters. The van der Waals surface area contributed by atoms with E-state index in [0.29, 0.717) is 6.42 Å². The van der Waals surface area contributed by atoms with Crippen LogP contribution in [0.3, 0.4) is 0 Å². The Morgan fingerprint density at radius 1 is 1.20 bits per heavy atom. The van der Waals surface area contributed by atoms with Crippen molar-refractivity contribution in [2.45, 2.75) is 44.3 Å². The van der Waals surface area contributed by atoms with Crippen molar-refractivity contribution in [3.05, 3.63) is 48.0 Å². The highest BCUT2D eigenvalue weighted by Gasteiger charge is 2.28. The topological polar surface area (TPSA) is 34.1 Å². The van der Waals surface area contributed by atoms with Crippen molar-refractivity contribution in [2.75, 3.05) is 5.75 Å². The second-order valence-corrected chi connectivity index (χ2v) is 14.6. The molecule has 0 spiro atoms. The van der Waals surface area contributed by atoms with Gasteiger partial charge in [-0.25, -0.2) is 8.42 Å². The van der Waals surface area contributed by atoms with E-state index < -0.39 is 23.2 Å². The highest BCUT2D eigenvalue weighted by Crippen LogP contribution is 2.20. The summed E-state index contributed by atoms with van der Waals surface area (Å²) >= 11 is 0. The largest absolute Gasteiger partial charge is 0.228 e. The Kier molecular flexibility index (Phi) is 5.77. The molecule has 0 N–H and O–H groups in total. The zero-order chi connectivity index (χ0) is 15.4. The fourth-order valence-electron chi connectivity index (χ4n) is 2.03. The van der Waals surface area contributed by atoms with Crippen molar-refractivity contribution < 1.29 is 8.42 Å². The molecule has 112 valence electrons. The van der Waals surface area contributed by atoms with Gasteiger partial charge in [-0.3, -0.25) is 0 Å². The quantitative estimate of drug-likeness (QED) is 0.565. The van der Waals surface area contributed by atoms with Gasteiger partial charge >= 0.3 is 0 Å². The van der Waals surface area contributed by atoms with Crippen LogP contribution in [-0.4, -0.2) is 27.5 Å². The van der Waals surface area contributed by atoms with Gasteiger partial charge in [0.15, 0.2) is 9.84 Å². The first-order valence-corrected chi connectivity index (χ1v) is 12.4. The third kappa shape index (κ3) is 5.63. The summed E-state index contributed by atoms with van der Waals surface area (Å²) in [6.07, 6.45) is 0.532. The summed E-state index contributed by atoms with van der Waals surface area (Å²) in [4.78, 5) is 0. The lowest BCUT2D eigenvalue weighted by Crippen LogP contribution is -2.31. The smallest absolute Gasteiger partial charge is 0.157 e. The standard InChI is InChI=1S/C16H26O2SSi/c1-14(2)16(13-15-9-7-6-8-10-15)19(17,18)11-12-20(3,4)5/h6-10,16H,1,11-13H2,2-5H3. The molecule has 0 aliphatic rings. The molecular weight excluding hydrogens is 284 g/mol. The van der Waals surface area contributed by atoms with E-state index in [9.17, 15) is 8.42 Å². The zero-order valence-electron chi connectivity index (χ0n) is 13.0. The summed E-state index contributed by atoms with van der Waals surface area (Å²) < 4.78 is 25.2. The van der Waals surface area contributed by atoms with Gasteiger partial charge in [0.25, 0.3) is 0 Å². The molecule has 1 aromatic rings. The number of hydrogen-bond donors (Lipinski definition) is 0. The third-order valence-electron chi connectivity index (χ3n) is 3.38. The molecule has 1 unspecified atom stereocenters. The van der Waals surface area contributed by atoms with E-state index in [1.54, 1.807) is 0 Å². The lowest BCUT2D eigenvalue weighted by atomic mass is 10.1. The van der Waals surface area contributed by atoms with Crippen molar-refractivity contribution in [3.63, 3.8) is 0 Å². The molecule has 1 rings (SSSR count). The maximum atomic E-state index is 12.6. The van der Waals surface area contributed by atoms with E-state index in [1.165, 1.54) is 0 Å². The fraction of sp³-hybridized carbons (Fsp3) is 0.500. The van der Waals surface area contributed by atoms with Gasteiger partial charge in [-0.15, -0.1) is 0 Å². The Morgan fingerprint density at radius 2 is 1.75 bits per heavy atom. The van der Waals surface area contributed by atoms with Crippen molar-refractivity contribution in [1.29, 1.82) is 0 Å². The number of hydrogen-bond acceptors (Lipinski definition) is 2.